The zero-order valence-corrected chi connectivity index (χ0v) is 18.0. The second-order valence-corrected chi connectivity index (χ2v) is 5.26. The van der Waals surface area contributed by atoms with Crippen molar-refractivity contribution in [1.82, 2.24) is 20.4 Å². The van der Waals surface area contributed by atoms with Crippen molar-refractivity contribution in [2.75, 3.05) is 28.4 Å². The SMILES string of the molecule is CN=C(NCc1cc(OC)c(OC)c(OC)c1)NCc1ccnn1C.I. The average Bonchev–Trinajstić information content (AvgIpc) is 3.05. The van der Waals surface area contributed by atoms with Crippen LogP contribution in [0.3, 0.4) is 0 Å². The summed E-state index contributed by atoms with van der Waals surface area (Å²) in [6.07, 6.45) is 1.77. The second-order valence-electron chi connectivity index (χ2n) is 5.26. The van der Waals surface area contributed by atoms with E-state index in [2.05, 4.69) is 20.7 Å². The third kappa shape index (κ3) is 5.41. The van der Waals surface area contributed by atoms with Gasteiger partial charge in [-0.1, -0.05) is 0 Å². The van der Waals surface area contributed by atoms with Gasteiger partial charge in [-0.05, 0) is 23.8 Å². The summed E-state index contributed by atoms with van der Waals surface area (Å²) < 4.78 is 17.9. The largest absolute Gasteiger partial charge is 0.493 e. The number of methoxy groups -OCH3 is 3. The van der Waals surface area contributed by atoms with Crippen molar-refractivity contribution in [2.45, 2.75) is 13.1 Å². The summed E-state index contributed by atoms with van der Waals surface area (Å²) >= 11 is 0. The molecule has 0 fully saturated rings. The van der Waals surface area contributed by atoms with Crippen LogP contribution in [0, 0.1) is 0 Å². The number of ether oxygens (including phenoxy) is 3. The molecule has 0 spiro atoms. The van der Waals surface area contributed by atoms with Crippen molar-refractivity contribution in [3.8, 4) is 17.2 Å². The van der Waals surface area contributed by atoms with Gasteiger partial charge in [0.05, 0.1) is 33.6 Å². The lowest BCUT2D eigenvalue weighted by Gasteiger charge is -2.16. The average molecular weight is 475 g/mol. The van der Waals surface area contributed by atoms with Crippen molar-refractivity contribution in [3.63, 3.8) is 0 Å². The lowest BCUT2D eigenvalue weighted by atomic mass is 10.2. The first-order valence-corrected chi connectivity index (χ1v) is 7.83. The Morgan fingerprint density at radius 1 is 1.08 bits per heavy atom. The molecule has 1 aromatic carbocycles. The summed E-state index contributed by atoms with van der Waals surface area (Å²) in [6, 6.07) is 5.77. The molecule has 2 rings (SSSR count). The van der Waals surface area contributed by atoms with Crippen LogP contribution in [0.1, 0.15) is 11.3 Å². The normalized spacial score (nSPS) is 10.7. The van der Waals surface area contributed by atoms with E-state index in [0.29, 0.717) is 36.3 Å². The van der Waals surface area contributed by atoms with Gasteiger partial charge in [-0.2, -0.15) is 5.10 Å². The van der Waals surface area contributed by atoms with Crippen LogP contribution in [-0.4, -0.2) is 44.1 Å². The molecular weight excluding hydrogens is 449 g/mol. The molecule has 26 heavy (non-hydrogen) atoms. The van der Waals surface area contributed by atoms with Gasteiger partial charge < -0.3 is 24.8 Å². The molecule has 0 atom stereocenters. The molecule has 2 aromatic rings. The molecule has 0 aliphatic carbocycles. The minimum absolute atomic E-state index is 0. The number of nitrogens with zero attached hydrogens (tertiary/aromatic N) is 3. The molecule has 2 N–H and O–H groups in total. The molecule has 144 valence electrons. The van der Waals surface area contributed by atoms with Gasteiger partial charge in [0, 0.05) is 26.8 Å². The van der Waals surface area contributed by atoms with E-state index in [0.717, 1.165) is 11.3 Å². The van der Waals surface area contributed by atoms with Crippen molar-refractivity contribution in [1.29, 1.82) is 0 Å². The van der Waals surface area contributed by atoms with Gasteiger partial charge in [0.25, 0.3) is 0 Å². The lowest BCUT2D eigenvalue weighted by molar-refractivity contribution is 0.323. The van der Waals surface area contributed by atoms with Crippen molar-refractivity contribution in [2.24, 2.45) is 12.0 Å². The zero-order chi connectivity index (χ0) is 18.2. The molecule has 0 aliphatic rings. The number of aromatic nitrogens is 2. The molecule has 9 heteroatoms. The van der Waals surface area contributed by atoms with E-state index < -0.39 is 0 Å². The first kappa shape index (κ1) is 21.9. The van der Waals surface area contributed by atoms with Gasteiger partial charge >= 0.3 is 0 Å². The van der Waals surface area contributed by atoms with E-state index in [9.17, 15) is 0 Å². The molecule has 0 bridgehead atoms. The molecule has 1 aromatic heterocycles. The third-order valence-corrected chi connectivity index (χ3v) is 3.77. The Labute approximate surface area is 170 Å². The summed E-state index contributed by atoms with van der Waals surface area (Å²) in [5.74, 6) is 2.51. The highest BCUT2D eigenvalue weighted by molar-refractivity contribution is 14.0. The highest BCUT2D eigenvalue weighted by Gasteiger charge is 2.13. The third-order valence-electron chi connectivity index (χ3n) is 3.77. The van der Waals surface area contributed by atoms with Crippen molar-refractivity contribution in [3.05, 3.63) is 35.7 Å². The molecule has 0 aliphatic heterocycles. The zero-order valence-electron chi connectivity index (χ0n) is 15.7. The number of rotatable bonds is 7. The number of nitrogens with one attached hydrogen (secondary N) is 2. The minimum Gasteiger partial charge on any atom is -0.493 e. The summed E-state index contributed by atoms with van der Waals surface area (Å²) in [5.41, 5.74) is 2.05. The molecular formula is C17H26IN5O3. The van der Waals surface area contributed by atoms with Gasteiger partial charge in [-0.3, -0.25) is 9.67 Å². The number of guanidine groups is 1. The predicted octanol–water partition coefficient (Wildman–Crippen LogP) is 1.93. The smallest absolute Gasteiger partial charge is 0.203 e. The Hall–Kier alpha value is -2.17. The second kappa shape index (κ2) is 10.7. The van der Waals surface area contributed by atoms with E-state index in [1.807, 2.05) is 29.9 Å². The van der Waals surface area contributed by atoms with Crippen LogP contribution in [0.2, 0.25) is 0 Å². The van der Waals surface area contributed by atoms with Crippen molar-refractivity contribution < 1.29 is 14.2 Å². The maximum Gasteiger partial charge on any atom is 0.203 e. The number of halogens is 1. The van der Waals surface area contributed by atoms with Crippen LogP contribution >= 0.6 is 24.0 Å². The number of hydrogen-bond donors (Lipinski definition) is 2. The first-order valence-electron chi connectivity index (χ1n) is 7.83. The molecule has 0 saturated carbocycles. The molecule has 0 unspecified atom stereocenters. The molecule has 1 heterocycles. The van der Waals surface area contributed by atoms with Crippen LogP contribution in [0.4, 0.5) is 0 Å². The van der Waals surface area contributed by atoms with Gasteiger partial charge in [0.1, 0.15) is 0 Å². The first-order chi connectivity index (χ1) is 12.1. The van der Waals surface area contributed by atoms with E-state index in [1.165, 1.54) is 0 Å². The van der Waals surface area contributed by atoms with Crippen LogP contribution < -0.4 is 24.8 Å². The maximum atomic E-state index is 5.37. The van der Waals surface area contributed by atoms with Crippen molar-refractivity contribution >= 4 is 29.9 Å². The number of hydrogen-bond acceptors (Lipinski definition) is 5. The Bertz CT molecular complexity index is 708. The topological polar surface area (TPSA) is 81.9 Å². The monoisotopic (exact) mass is 475 g/mol. The molecule has 8 nitrogen and oxygen atoms in total. The van der Waals surface area contributed by atoms with E-state index in [-0.39, 0.29) is 24.0 Å². The highest BCUT2D eigenvalue weighted by atomic mass is 127. The van der Waals surface area contributed by atoms with Gasteiger partial charge in [-0.15, -0.1) is 24.0 Å². The highest BCUT2D eigenvalue weighted by Crippen LogP contribution is 2.38. The van der Waals surface area contributed by atoms with E-state index >= 15 is 0 Å². The minimum atomic E-state index is 0. The number of aryl methyl sites for hydroxylation is 1. The van der Waals surface area contributed by atoms with Crippen LogP contribution in [0.5, 0.6) is 17.2 Å². The van der Waals surface area contributed by atoms with Crippen LogP contribution in [-0.2, 0) is 20.1 Å². The molecule has 0 amide bonds. The predicted molar refractivity (Wildman–Crippen MR) is 112 cm³/mol. The summed E-state index contributed by atoms with van der Waals surface area (Å²) in [5, 5.41) is 10.7. The Balaban J connectivity index is 0.00000338. The summed E-state index contributed by atoms with van der Waals surface area (Å²) in [4.78, 5) is 4.23. The summed E-state index contributed by atoms with van der Waals surface area (Å²) in [6.45, 7) is 1.19. The number of aliphatic imine (C=N–C) groups is 1. The molecule has 0 radical (unpaired) electrons. The maximum absolute atomic E-state index is 5.37. The Morgan fingerprint density at radius 3 is 2.15 bits per heavy atom. The van der Waals surface area contributed by atoms with Gasteiger partial charge in [0.2, 0.25) is 5.75 Å². The molecule has 0 saturated heterocycles. The fourth-order valence-corrected chi connectivity index (χ4v) is 2.39. The summed E-state index contributed by atoms with van der Waals surface area (Å²) in [7, 11) is 8.42. The van der Waals surface area contributed by atoms with Crippen LogP contribution in [0.15, 0.2) is 29.4 Å². The van der Waals surface area contributed by atoms with Crippen LogP contribution in [0.25, 0.3) is 0 Å². The number of benzene rings is 1. The quantitative estimate of drug-likeness (QED) is 0.362. The Kier molecular flexibility index (Phi) is 9.03. The van der Waals surface area contributed by atoms with Gasteiger partial charge in [-0.25, -0.2) is 0 Å². The fraction of sp³-hybridized carbons (Fsp3) is 0.412. The fourth-order valence-electron chi connectivity index (χ4n) is 2.39. The Morgan fingerprint density at radius 2 is 1.69 bits per heavy atom. The van der Waals surface area contributed by atoms with Gasteiger partial charge in [0.15, 0.2) is 17.5 Å². The lowest BCUT2D eigenvalue weighted by Crippen LogP contribution is -2.36. The van der Waals surface area contributed by atoms with E-state index in [4.69, 9.17) is 14.2 Å². The van der Waals surface area contributed by atoms with E-state index in [1.54, 1.807) is 34.6 Å². The standard InChI is InChI=1S/C17H25N5O3.HI/c1-18-17(20-11-13-6-7-21-22(13)2)19-10-12-8-14(23-3)16(25-5)15(9-12)24-4;/h6-9H,10-11H2,1-5H3,(H2,18,19,20);1H.